The molecule has 2 amide bonds. The average molecular weight is 515 g/mol. The molecule has 1 aromatic rings. The molecular formula is C22H38N4O6SSi. The molecule has 1 atom stereocenters. The molecule has 0 saturated carbocycles. The predicted molar refractivity (Wildman–Crippen MR) is 134 cm³/mol. The van der Waals surface area contributed by atoms with Gasteiger partial charge in [0, 0.05) is 31.6 Å². The number of methoxy groups -OCH3 is 2. The highest BCUT2D eigenvalue weighted by Crippen LogP contribution is 2.36. The Kier molecular flexibility index (Phi) is 10.0. The zero-order chi connectivity index (χ0) is 25.5. The first kappa shape index (κ1) is 28.2. The molecule has 0 radical (unpaired) electrons. The maximum Gasteiger partial charge on any atom is 0.330 e. The van der Waals surface area contributed by atoms with Gasteiger partial charge in [-0.3, -0.25) is 9.59 Å². The van der Waals surface area contributed by atoms with E-state index in [4.69, 9.17) is 13.9 Å². The van der Waals surface area contributed by atoms with Gasteiger partial charge in [-0.2, -0.15) is 0 Å². The van der Waals surface area contributed by atoms with E-state index in [-0.39, 0.29) is 35.9 Å². The minimum atomic E-state index is -2.11. The van der Waals surface area contributed by atoms with Gasteiger partial charge in [-0.15, -0.1) is 11.3 Å². The van der Waals surface area contributed by atoms with E-state index in [0.717, 1.165) is 31.1 Å². The summed E-state index contributed by atoms with van der Waals surface area (Å²) in [5.74, 6) is -1.12. The minimum Gasteiger partial charge on any atom is -0.467 e. The van der Waals surface area contributed by atoms with Crippen LogP contribution in [0.5, 0.6) is 0 Å². The number of anilines is 1. The van der Waals surface area contributed by atoms with E-state index >= 15 is 0 Å². The molecule has 2 heterocycles. The van der Waals surface area contributed by atoms with Gasteiger partial charge in [0.1, 0.15) is 18.3 Å². The number of aromatic nitrogens is 1. The van der Waals surface area contributed by atoms with Crippen LogP contribution < -0.4 is 15.5 Å². The topological polar surface area (TPSA) is 119 Å². The van der Waals surface area contributed by atoms with Crippen molar-refractivity contribution in [2.24, 2.45) is 0 Å². The highest BCUT2D eigenvalue weighted by atomic mass is 32.1. The second-order valence-corrected chi connectivity index (χ2v) is 15.5. The van der Waals surface area contributed by atoms with Crippen molar-refractivity contribution in [3.05, 3.63) is 11.1 Å². The molecule has 34 heavy (non-hydrogen) atoms. The molecular weight excluding hydrogens is 476 g/mol. The van der Waals surface area contributed by atoms with E-state index in [2.05, 4.69) is 54.4 Å². The molecule has 0 spiro atoms. The van der Waals surface area contributed by atoms with Crippen LogP contribution in [0.25, 0.3) is 0 Å². The van der Waals surface area contributed by atoms with Crippen molar-refractivity contribution >= 4 is 42.6 Å². The van der Waals surface area contributed by atoms with Crippen molar-refractivity contribution in [3.63, 3.8) is 0 Å². The van der Waals surface area contributed by atoms with Gasteiger partial charge < -0.3 is 29.4 Å². The number of ether oxygens (including phenoxy) is 2. The summed E-state index contributed by atoms with van der Waals surface area (Å²) >= 11 is 1.38. The second kappa shape index (κ2) is 12.1. The molecule has 0 aliphatic carbocycles. The van der Waals surface area contributed by atoms with Gasteiger partial charge in [-0.1, -0.05) is 20.8 Å². The van der Waals surface area contributed by atoms with Crippen molar-refractivity contribution < 1.29 is 28.3 Å². The van der Waals surface area contributed by atoms with Gasteiger partial charge in [0.05, 0.1) is 13.7 Å². The number of nitrogens with one attached hydrogen (secondary N) is 2. The van der Waals surface area contributed by atoms with Gasteiger partial charge in [0.2, 0.25) is 5.91 Å². The van der Waals surface area contributed by atoms with Crippen LogP contribution in [0.15, 0.2) is 5.38 Å². The summed E-state index contributed by atoms with van der Waals surface area (Å²) in [5, 5.41) is 8.06. The molecule has 12 heteroatoms. The summed E-state index contributed by atoms with van der Waals surface area (Å²) in [4.78, 5) is 43.4. The van der Waals surface area contributed by atoms with E-state index in [9.17, 15) is 14.4 Å². The number of rotatable bonds is 10. The Labute approximate surface area is 206 Å². The number of thiazole rings is 1. The molecule has 0 bridgehead atoms. The molecule has 0 aromatic carbocycles. The van der Waals surface area contributed by atoms with Crippen LogP contribution in [0.4, 0.5) is 5.13 Å². The Hall–Kier alpha value is -2.02. The summed E-state index contributed by atoms with van der Waals surface area (Å²) in [7, 11) is 0.673. The molecule has 1 aromatic heterocycles. The van der Waals surface area contributed by atoms with E-state index in [0.29, 0.717) is 0 Å². The van der Waals surface area contributed by atoms with Gasteiger partial charge >= 0.3 is 5.97 Å². The first-order valence-electron chi connectivity index (χ1n) is 11.4. The molecule has 2 rings (SSSR count). The molecule has 1 aliphatic heterocycles. The Morgan fingerprint density at radius 2 is 1.88 bits per heavy atom. The zero-order valence-corrected chi connectivity index (χ0v) is 23.0. The number of nitrogens with zero attached hydrogens (tertiary/aromatic N) is 2. The lowest BCUT2D eigenvalue weighted by Crippen LogP contribution is -2.49. The summed E-state index contributed by atoms with van der Waals surface area (Å²) in [5.41, 5.74) is 0.247. The fourth-order valence-corrected chi connectivity index (χ4v) is 5.06. The van der Waals surface area contributed by atoms with Crippen molar-refractivity contribution in [2.45, 2.75) is 63.8 Å². The maximum absolute atomic E-state index is 12.8. The van der Waals surface area contributed by atoms with Gasteiger partial charge in [-0.25, -0.2) is 9.78 Å². The first-order chi connectivity index (χ1) is 15.9. The fraction of sp³-hybridized carbons (Fsp3) is 0.727. The lowest BCUT2D eigenvalue weighted by molar-refractivity contribution is -0.143. The van der Waals surface area contributed by atoms with E-state index in [1.165, 1.54) is 25.6 Å². The molecule has 1 fully saturated rings. The Morgan fingerprint density at radius 3 is 2.44 bits per heavy atom. The fourth-order valence-electron chi connectivity index (χ4n) is 3.18. The summed E-state index contributed by atoms with van der Waals surface area (Å²) in [6, 6.07) is -0.813. The SMILES string of the molecule is COCC(=O)NC1CCN(c2nc(C(=O)N[C@@H](CO[Si](C)(C)C(C)(C)C)C(=O)OC)cs2)CC1. The third-order valence-corrected chi connectivity index (χ3v) is 11.7. The monoisotopic (exact) mass is 514 g/mol. The van der Waals surface area contributed by atoms with Crippen LogP contribution in [0.2, 0.25) is 18.1 Å². The predicted octanol–water partition coefficient (Wildman–Crippen LogP) is 2.17. The first-order valence-corrected chi connectivity index (χ1v) is 15.2. The molecule has 0 unspecified atom stereocenters. The van der Waals surface area contributed by atoms with Crippen LogP contribution in [0, 0.1) is 0 Å². The smallest absolute Gasteiger partial charge is 0.330 e. The summed E-state index contributed by atoms with van der Waals surface area (Å²) in [6.45, 7) is 12.0. The highest BCUT2D eigenvalue weighted by Gasteiger charge is 2.38. The number of hydrogen-bond donors (Lipinski definition) is 2. The lowest BCUT2D eigenvalue weighted by Gasteiger charge is -2.37. The molecule has 2 N–H and O–H groups in total. The van der Waals surface area contributed by atoms with Crippen molar-refractivity contribution in [2.75, 3.05) is 45.4 Å². The van der Waals surface area contributed by atoms with E-state index in [1.54, 1.807) is 5.38 Å². The molecule has 1 aliphatic rings. The second-order valence-electron chi connectivity index (χ2n) is 9.90. The summed E-state index contributed by atoms with van der Waals surface area (Å²) < 4.78 is 15.9. The Balaban J connectivity index is 1.95. The minimum absolute atomic E-state index is 0.0263. The number of esters is 1. The van der Waals surface area contributed by atoms with Crippen LogP contribution in [0.1, 0.15) is 44.1 Å². The maximum atomic E-state index is 12.8. The van der Waals surface area contributed by atoms with Gasteiger partial charge in [-0.05, 0) is 31.0 Å². The third-order valence-electron chi connectivity index (χ3n) is 6.34. The number of hydrogen-bond acceptors (Lipinski definition) is 9. The van der Waals surface area contributed by atoms with Crippen LogP contribution >= 0.6 is 11.3 Å². The van der Waals surface area contributed by atoms with Crippen molar-refractivity contribution in [1.29, 1.82) is 0 Å². The molecule has 10 nitrogen and oxygen atoms in total. The highest BCUT2D eigenvalue weighted by molar-refractivity contribution is 7.13. The van der Waals surface area contributed by atoms with Crippen LogP contribution in [-0.2, 0) is 23.5 Å². The van der Waals surface area contributed by atoms with E-state index in [1.807, 2.05) is 0 Å². The van der Waals surface area contributed by atoms with Crippen LogP contribution in [0.3, 0.4) is 0 Å². The molecule has 192 valence electrons. The quantitative estimate of drug-likeness (QED) is 0.360. The van der Waals surface area contributed by atoms with E-state index < -0.39 is 26.2 Å². The standard InChI is InChI=1S/C22H38N4O6SSi/c1-22(2,3)34(6,7)32-12-16(20(29)31-5)24-19(28)17-14-33-21(25-17)26-10-8-15(9-11-26)23-18(27)13-30-4/h14-16H,8-13H2,1-7H3,(H,23,27)(H,24,28)/t16-/m0/s1. The number of carbonyl (C=O) groups excluding carboxylic acids is 3. The van der Waals surface area contributed by atoms with Gasteiger partial charge in [0.15, 0.2) is 13.4 Å². The number of amides is 2. The largest absolute Gasteiger partial charge is 0.467 e. The summed E-state index contributed by atoms with van der Waals surface area (Å²) in [6.07, 6.45) is 1.57. The van der Waals surface area contributed by atoms with Crippen LogP contribution in [-0.4, -0.2) is 83.7 Å². The Morgan fingerprint density at radius 1 is 1.24 bits per heavy atom. The zero-order valence-electron chi connectivity index (χ0n) is 21.2. The van der Waals surface area contributed by atoms with Crippen molar-refractivity contribution in [3.8, 4) is 0 Å². The normalized spacial score (nSPS) is 16.1. The Bertz CT molecular complexity index is 849. The average Bonchev–Trinajstić information content (AvgIpc) is 3.26. The number of piperidine rings is 1. The number of carbonyl (C=O) groups is 3. The van der Waals surface area contributed by atoms with Gasteiger partial charge in [0.25, 0.3) is 5.91 Å². The molecule has 1 saturated heterocycles. The third kappa shape index (κ3) is 7.75. The lowest BCUT2D eigenvalue weighted by atomic mass is 10.1. The van der Waals surface area contributed by atoms with Crippen molar-refractivity contribution in [1.82, 2.24) is 15.6 Å².